The molecule has 206 valence electrons. The molecule has 2 heterocycles. The van der Waals surface area contributed by atoms with E-state index in [2.05, 4.69) is 44.7 Å². The number of likely N-dealkylation sites (tertiary alicyclic amines) is 1. The molecule has 0 spiro atoms. The van der Waals surface area contributed by atoms with Gasteiger partial charge in [-0.05, 0) is 57.2 Å². The third-order valence-electron chi connectivity index (χ3n) is 8.12. The molecule has 0 aromatic carbocycles. The van der Waals surface area contributed by atoms with Crippen molar-refractivity contribution in [3.63, 3.8) is 0 Å². The molecule has 4 unspecified atom stereocenters. The molecule has 0 amide bonds. The van der Waals surface area contributed by atoms with Crippen LogP contribution in [0, 0.1) is 5.92 Å². The van der Waals surface area contributed by atoms with Gasteiger partial charge in [0.2, 0.25) is 17.8 Å². The number of aromatic nitrogens is 3. The van der Waals surface area contributed by atoms with Crippen LogP contribution in [-0.4, -0.2) is 64.8 Å². The average Bonchev–Trinajstić information content (AvgIpc) is 3.24. The standard InChI is InChI=1S/C28H46FN7O/c1-4-6-9-20-10-7-11-21(14-13-20)31-27-33-26(30-19-23-12-8-17-36(23)5-2)34-28(35-27)32-22-15-16-25(37-3)24(29)18-22/h15,18,20-21,23,25H,4-14,16-17,19H2,1-3H3,(H3,30,31,32,33,34,35). The summed E-state index contributed by atoms with van der Waals surface area (Å²) in [6.07, 6.45) is 15.7. The van der Waals surface area contributed by atoms with Crippen molar-refractivity contribution in [3.8, 4) is 0 Å². The fourth-order valence-corrected chi connectivity index (χ4v) is 5.89. The number of hydrogen-bond donors (Lipinski definition) is 3. The van der Waals surface area contributed by atoms with E-state index in [1.807, 2.05) is 6.08 Å². The number of nitrogens with zero attached hydrogens (tertiary/aromatic N) is 4. The molecule has 4 atom stereocenters. The maximum absolute atomic E-state index is 14.4. The van der Waals surface area contributed by atoms with Gasteiger partial charge in [0.25, 0.3) is 0 Å². The lowest BCUT2D eigenvalue weighted by Crippen LogP contribution is -2.35. The van der Waals surface area contributed by atoms with Crippen LogP contribution >= 0.6 is 0 Å². The Balaban J connectivity index is 1.45. The largest absolute Gasteiger partial charge is 0.374 e. The minimum absolute atomic E-state index is 0.296. The van der Waals surface area contributed by atoms with E-state index in [0.29, 0.717) is 42.0 Å². The Bertz CT molecular complexity index is 924. The van der Waals surface area contributed by atoms with E-state index in [4.69, 9.17) is 9.72 Å². The maximum Gasteiger partial charge on any atom is 0.233 e. The van der Waals surface area contributed by atoms with Gasteiger partial charge < -0.3 is 20.7 Å². The predicted octanol–water partition coefficient (Wildman–Crippen LogP) is 5.89. The second-order valence-electron chi connectivity index (χ2n) is 10.7. The summed E-state index contributed by atoms with van der Waals surface area (Å²) < 4.78 is 19.5. The van der Waals surface area contributed by atoms with Gasteiger partial charge in [0.15, 0.2) is 0 Å². The maximum atomic E-state index is 14.4. The lowest BCUT2D eigenvalue weighted by Gasteiger charge is -2.23. The molecule has 1 aromatic heterocycles. The second-order valence-corrected chi connectivity index (χ2v) is 10.7. The lowest BCUT2D eigenvalue weighted by atomic mass is 9.94. The Kier molecular flexibility index (Phi) is 10.5. The van der Waals surface area contributed by atoms with Crippen LogP contribution < -0.4 is 16.0 Å². The first kappa shape index (κ1) is 27.8. The molecule has 4 rings (SSSR count). The second kappa shape index (κ2) is 14.0. The van der Waals surface area contributed by atoms with Crippen LogP contribution in [0.25, 0.3) is 0 Å². The third-order valence-corrected chi connectivity index (χ3v) is 8.12. The number of methoxy groups -OCH3 is 1. The fourth-order valence-electron chi connectivity index (χ4n) is 5.89. The normalized spacial score (nSPS) is 26.8. The molecule has 0 radical (unpaired) electrons. The van der Waals surface area contributed by atoms with Crippen molar-refractivity contribution in [3.05, 3.63) is 23.7 Å². The molecule has 2 aliphatic carbocycles. The number of nitrogens with one attached hydrogen (secondary N) is 3. The van der Waals surface area contributed by atoms with Crippen molar-refractivity contribution in [1.82, 2.24) is 19.9 Å². The van der Waals surface area contributed by atoms with Crippen molar-refractivity contribution in [2.75, 3.05) is 42.7 Å². The molecule has 1 saturated carbocycles. The number of unbranched alkanes of at least 4 members (excludes halogenated alkanes) is 1. The Labute approximate surface area is 222 Å². The molecule has 0 bridgehead atoms. The highest BCUT2D eigenvalue weighted by molar-refractivity contribution is 5.48. The number of rotatable bonds is 12. The van der Waals surface area contributed by atoms with E-state index >= 15 is 0 Å². The van der Waals surface area contributed by atoms with Gasteiger partial charge in [0.1, 0.15) is 11.9 Å². The molecule has 3 N–H and O–H groups in total. The zero-order valence-corrected chi connectivity index (χ0v) is 22.9. The molecular formula is C28H46FN7O. The predicted molar refractivity (Wildman–Crippen MR) is 148 cm³/mol. The molecule has 2 fully saturated rings. The minimum Gasteiger partial charge on any atom is -0.374 e. The highest BCUT2D eigenvalue weighted by Gasteiger charge is 2.24. The Morgan fingerprint density at radius 1 is 1.03 bits per heavy atom. The zero-order chi connectivity index (χ0) is 26.0. The Morgan fingerprint density at radius 3 is 2.65 bits per heavy atom. The van der Waals surface area contributed by atoms with Gasteiger partial charge in [0, 0.05) is 37.9 Å². The van der Waals surface area contributed by atoms with Gasteiger partial charge in [-0.25, -0.2) is 4.39 Å². The highest BCUT2D eigenvalue weighted by Crippen LogP contribution is 2.29. The van der Waals surface area contributed by atoms with Crippen molar-refractivity contribution in [2.45, 2.75) is 103 Å². The van der Waals surface area contributed by atoms with E-state index in [1.165, 1.54) is 64.6 Å². The van der Waals surface area contributed by atoms with Crippen LogP contribution in [-0.2, 0) is 4.74 Å². The topological polar surface area (TPSA) is 87.2 Å². The summed E-state index contributed by atoms with van der Waals surface area (Å²) in [6.45, 7) is 7.48. The first-order valence-electron chi connectivity index (χ1n) is 14.5. The van der Waals surface area contributed by atoms with Crippen LogP contribution in [0.5, 0.6) is 0 Å². The molecule has 1 aromatic rings. The van der Waals surface area contributed by atoms with Crippen LogP contribution in [0.1, 0.15) is 84.5 Å². The van der Waals surface area contributed by atoms with E-state index in [-0.39, 0.29) is 5.83 Å². The van der Waals surface area contributed by atoms with E-state index < -0.39 is 6.10 Å². The van der Waals surface area contributed by atoms with Crippen molar-refractivity contribution < 1.29 is 9.13 Å². The minimum atomic E-state index is -0.525. The summed E-state index contributed by atoms with van der Waals surface area (Å²) >= 11 is 0. The third kappa shape index (κ3) is 8.11. The van der Waals surface area contributed by atoms with Crippen molar-refractivity contribution in [1.29, 1.82) is 0 Å². The number of anilines is 3. The van der Waals surface area contributed by atoms with Crippen LogP contribution in [0.4, 0.5) is 22.2 Å². The summed E-state index contributed by atoms with van der Waals surface area (Å²) in [4.78, 5) is 16.6. The number of ether oxygens (including phenoxy) is 1. The van der Waals surface area contributed by atoms with Crippen molar-refractivity contribution >= 4 is 17.8 Å². The molecule has 3 aliphatic rings. The van der Waals surface area contributed by atoms with E-state index in [0.717, 1.165) is 38.4 Å². The fraction of sp³-hybridized carbons (Fsp3) is 0.750. The van der Waals surface area contributed by atoms with Crippen LogP contribution in [0.15, 0.2) is 23.7 Å². The first-order valence-corrected chi connectivity index (χ1v) is 14.5. The molecule has 1 aliphatic heterocycles. The van der Waals surface area contributed by atoms with Crippen LogP contribution in [0.2, 0.25) is 0 Å². The van der Waals surface area contributed by atoms with Crippen molar-refractivity contribution in [2.24, 2.45) is 5.92 Å². The quantitative estimate of drug-likeness (QED) is 0.297. The van der Waals surface area contributed by atoms with Gasteiger partial charge in [-0.15, -0.1) is 0 Å². The summed E-state index contributed by atoms with van der Waals surface area (Å²) in [5.41, 5.74) is 0.634. The average molecular weight is 516 g/mol. The Morgan fingerprint density at radius 2 is 1.86 bits per heavy atom. The van der Waals surface area contributed by atoms with Gasteiger partial charge >= 0.3 is 0 Å². The highest BCUT2D eigenvalue weighted by atomic mass is 19.1. The van der Waals surface area contributed by atoms with E-state index in [9.17, 15) is 4.39 Å². The number of allylic oxidation sites excluding steroid dienone is 1. The van der Waals surface area contributed by atoms with Crippen LogP contribution in [0.3, 0.4) is 0 Å². The molecular weight excluding hydrogens is 469 g/mol. The first-order chi connectivity index (χ1) is 18.1. The monoisotopic (exact) mass is 515 g/mol. The molecule has 1 saturated heterocycles. The summed E-state index contributed by atoms with van der Waals surface area (Å²) in [7, 11) is 1.52. The summed E-state index contributed by atoms with van der Waals surface area (Å²) in [5.74, 6) is 2.08. The van der Waals surface area contributed by atoms with Gasteiger partial charge in [-0.2, -0.15) is 15.0 Å². The smallest absolute Gasteiger partial charge is 0.233 e. The molecule has 37 heavy (non-hydrogen) atoms. The lowest BCUT2D eigenvalue weighted by molar-refractivity contribution is 0.113. The van der Waals surface area contributed by atoms with Gasteiger partial charge in [0.05, 0.1) is 0 Å². The molecule has 8 nitrogen and oxygen atoms in total. The van der Waals surface area contributed by atoms with E-state index in [1.54, 1.807) is 0 Å². The number of halogens is 1. The number of likely N-dealkylation sites (N-methyl/N-ethyl adjacent to an activating group) is 1. The Hall–Kier alpha value is -2.26. The molecule has 9 heteroatoms. The summed E-state index contributed by atoms with van der Waals surface area (Å²) in [5, 5.41) is 10.3. The zero-order valence-electron chi connectivity index (χ0n) is 22.9. The summed E-state index contributed by atoms with van der Waals surface area (Å²) in [6, 6.07) is 0.842. The number of hydrogen-bond acceptors (Lipinski definition) is 8. The van der Waals surface area contributed by atoms with Gasteiger partial charge in [-0.3, -0.25) is 4.90 Å². The van der Waals surface area contributed by atoms with Gasteiger partial charge in [-0.1, -0.05) is 52.0 Å². The SMILES string of the molecule is CCCCC1CCCC(Nc2nc(NCC3CCCN3CC)nc(NC3=CCC(OC)C(F)=C3)n2)CC1.